The molecule has 0 spiro atoms. The van der Waals surface area contributed by atoms with Gasteiger partial charge in [0, 0.05) is 5.02 Å². The van der Waals surface area contributed by atoms with E-state index in [9.17, 15) is 9.59 Å². The number of benzene rings is 1. The normalized spacial score (nSPS) is 11.8. The van der Waals surface area contributed by atoms with Gasteiger partial charge >= 0.3 is 5.97 Å². The summed E-state index contributed by atoms with van der Waals surface area (Å²) in [5.74, 6) is -1.13. The first kappa shape index (κ1) is 17.7. The molecular weight excluding hydrogens is 361 g/mol. The lowest BCUT2D eigenvalue weighted by Gasteiger charge is -2.14. The van der Waals surface area contributed by atoms with Crippen LogP contribution >= 0.6 is 34.7 Å². The lowest BCUT2D eigenvalue weighted by molar-refractivity contribution is -0.123. The molecule has 6 nitrogen and oxygen atoms in total. The van der Waals surface area contributed by atoms with Crippen molar-refractivity contribution in [2.24, 2.45) is 0 Å². The number of carbonyl (C=O) groups excluding carboxylic acids is 2. The van der Waals surface area contributed by atoms with Crippen LogP contribution in [0, 0.1) is 0 Å². The van der Waals surface area contributed by atoms with Crippen LogP contribution < -0.4 is 5.32 Å². The van der Waals surface area contributed by atoms with E-state index in [4.69, 9.17) is 27.9 Å². The molecule has 0 fully saturated rings. The summed E-state index contributed by atoms with van der Waals surface area (Å²) in [6, 6.07) is 4.67. The van der Waals surface area contributed by atoms with Crippen molar-refractivity contribution in [3.05, 3.63) is 38.8 Å². The predicted molar refractivity (Wildman–Crippen MR) is 89.3 cm³/mol. The van der Waals surface area contributed by atoms with Crippen LogP contribution in [0.1, 0.15) is 29.2 Å². The molecule has 1 aromatic carbocycles. The zero-order chi connectivity index (χ0) is 17.0. The third-order valence-electron chi connectivity index (χ3n) is 2.92. The second-order valence-corrected chi connectivity index (χ2v) is 6.16. The highest BCUT2D eigenvalue weighted by Gasteiger charge is 2.23. The average Bonchev–Trinajstić information content (AvgIpc) is 2.98. The van der Waals surface area contributed by atoms with E-state index in [0.717, 1.165) is 11.5 Å². The van der Waals surface area contributed by atoms with Crippen molar-refractivity contribution in [3.63, 3.8) is 0 Å². The topological polar surface area (TPSA) is 81.2 Å². The van der Waals surface area contributed by atoms with Gasteiger partial charge in [-0.25, -0.2) is 4.79 Å². The molecule has 0 unspecified atom stereocenters. The fourth-order valence-electron chi connectivity index (χ4n) is 1.69. The van der Waals surface area contributed by atoms with E-state index in [0.29, 0.717) is 32.7 Å². The number of carbonyl (C=O) groups is 2. The molecule has 0 aliphatic carbocycles. The van der Waals surface area contributed by atoms with Gasteiger partial charge in [-0.3, -0.25) is 4.79 Å². The first-order valence-corrected chi connectivity index (χ1v) is 8.23. The molecule has 0 saturated carbocycles. The summed E-state index contributed by atoms with van der Waals surface area (Å²) in [7, 11) is 0. The van der Waals surface area contributed by atoms with Crippen LogP contribution in [0.5, 0.6) is 0 Å². The molecule has 1 amide bonds. The molecule has 2 rings (SSSR count). The number of nitrogens with one attached hydrogen (secondary N) is 1. The van der Waals surface area contributed by atoms with Crippen molar-refractivity contribution in [1.82, 2.24) is 9.59 Å². The molecular formula is C14H13Cl2N3O3S. The minimum atomic E-state index is -0.999. The fraction of sp³-hybridized carbons (Fsp3) is 0.286. The Morgan fingerprint density at radius 3 is 2.78 bits per heavy atom. The number of ether oxygens (including phenoxy) is 1. The standard InChI is InChI=1S/C14H13Cl2N3O3S/c1-3-10-12(23-19-18-10)14(21)22-7(2)13(20)17-11-5-4-8(15)6-9(11)16/h4-7H,3H2,1-2H3,(H,17,20)/t7-/m1/s1. The van der Waals surface area contributed by atoms with Gasteiger partial charge in [0.25, 0.3) is 5.91 Å². The average molecular weight is 374 g/mol. The van der Waals surface area contributed by atoms with Crippen LogP contribution in [0.3, 0.4) is 0 Å². The van der Waals surface area contributed by atoms with Gasteiger partial charge in [-0.15, -0.1) is 5.10 Å². The second kappa shape index (κ2) is 7.72. The number of anilines is 1. The Kier molecular flexibility index (Phi) is 5.92. The quantitative estimate of drug-likeness (QED) is 0.809. The molecule has 0 bridgehead atoms. The highest BCUT2D eigenvalue weighted by Crippen LogP contribution is 2.25. The van der Waals surface area contributed by atoms with Gasteiger partial charge in [0.1, 0.15) is 0 Å². The lowest BCUT2D eigenvalue weighted by Crippen LogP contribution is -2.30. The number of aryl methyl sites for hydroxylation is 1. The Bertz CT molecular complexity index is 736. The zero-order valence-electron chi connectivity index (χ0n) is 12.3. The first-order chi connectivity index (χ1) is 10.9. The van der Waals surface area contributed by atoms with Crippen molar-refractivity contribution < 1.29 is 14.3 Å². The Labute approximate surface area is 146 Å². The van der Waals surface area contributed by atoms with Crippen LogP contribution in [0.4, 0.5) is 5.69 Å². The van der Waals surface area contributed by atoms with Crippen molar-refractivity contribution in [3.8, 4) is 0 Å². The molecule has 9 heteroatoms. The summed E-state index contributed by atoms with van der Waals surface area (Å²) in [5.41, 5.74) is 0.936. The van der Waals surface area contributed by atoms with E-state index in [1.807, 2.05) is 6.92 Å². The highest BCUT2D eigenvalue weighted by atomic mass is 35.5. The Balaban J connectivity index is 2.01. The molecule has 23 heavy (non-hydrogen) atoms. The van der Waals surface area contributed by atoms with E-state index >= 15 is 0 Å². The fourth-order valence-corrected chi connectivity index (χ4v) is 2.78. The first-order valence-electron chi connectivity index (χ1n) is 6.70. The van der Waals surface area contributed by atoms with Gasteiger partial charge in [-0.1, -0.05) is 34.6 Å². The summed E-state index contributed by atoms with van der Waals surface area (Å²) < 4.78 is 8.86. The summed E-state index contributed by atoms with van der Waals surface area (Å²) >= 11 is 12.7. The summed E-state index contributed by atoms with van der Waals surface area (Å²) in [6.07, 6.45) is -0.442. The van der Waals surface area contributed by atoms with E-state index in [1.54, 1.807) is 12.1 Å². The Morgan fingerprint density at radius 2 is 2.13 bits per heavy atom. The molecule has 0 saturated heterocycles. The largest absolute Gasteiger partial charge is 0.448 e. The van der Waals surface area contributed by atoms with Crippen LogP contribution in [0.15, 0.2) is 18.2 Å². The van der Waals surface area contributed by atoms with Gasteiger partial charge in [0.15, 0.2) is 11.0 Å². The Hall–Kier alpha value is -1.70. The van der Waals surface area contributed by atoms with E-state index in [1.165, 1.54) is 13.0 Å². The summed E-state index contributed by atoms with van der Waals surface area (Å²) in [5, 5.41) is 7.17. The zero-order valence-corrected chi connectivity index (χ0v) is 14.6. The van der Waals surface area contributed by atoms with Gasteiger partial charge < -0.3 is 10.1 Å². The van der Waals surface area contributed by atoms with E-state index in [2.05, 4.69) is 14.9 Å². The molecule has 0 aliphatic rings. The molecule has 1 heterocycles. The molecule has 2 aromatic rings. The number of amides is 1. The number of rotatable bonds is 5. The van der Waals surface area contributed by atoms with Crippen LogP contribution in [-0.4, -0.2) is 27.6 Å². The minimum Gasteiger partial charge on any atom is -0.448 e. The van der Waals surface area contributed by atoms with E-state index < -0.39 is 18.0 Å². The molecule has 0 radical (unpaired) electrons. The summed E-state index contributed by atoms with van der Waals surface area (Å²) in [6.45, 7) is 3.32. The second-order valence-electron chi connectivity index (χ2n) is 4.56. The van der Waals surface area contributed by atoms with Crippen molar-refractivity contribution in [1.29, 1.82) is 0 Å². The van der Waals surface area contributed by atoms with Gasteiger partial charge in [-0.05, 0) is 43.1 Å². The predicted octanol–water partition coefficient (Wildman–Crippen LogP) is 3.59. The lowest BCUT2D eigenvalue weighted by atomic mass is 10.3. The van der Waals surface area contributed by atoms with Gasteiger partial charge in [0.05, 0.1) is 16.4 Å². The Morgan fingerprint density at radius 1 is 1.39 bits per heavy atom. The van der Waals surface area contributed by atoms with Crippen LogP contribution in [0.25, 0.3) is 0 Å². The maximum Gasteiger partial charge on any atom is 0.352 e. The highest BCUT2D eigenvalue weighted by molar-refractivity contribution is 7.07. The van der Waals surface area contributed by atoms with Crippen LogP contribution in [-0.2, 0) is 16.0 Å². The maximum absolute atomic E-state index is 12.1. The number of esters is 1. The maximum atomic E-state index is 12.1. The number of hydrogen-bond acceptors (Lipinski definition) is 6. The third-order valence-corrected chi connectivity index (χ3v) is 4.21. The minimum absolute atomic E-state index is 0.296. The van der Waals surface area contributed by atoms with Gasteiger partial charge in [0.2, 0.25) is 0 Å². The summed E-state index contributed by atoms with van der Waals surface area (Å²) in [4.78, 5) is 24.5. The SMILES string of the molecule is CCc1nnsc1C(=O)O[C@H](C)C(=O)Nc1ccc(Cl)cc1Cl. The monoisotopic (exact) mass is 373 g/mol. The molecule has 1 N–H and O–H groups in total. The molecule has 0 aliphatic heterocycles. The molecule has 122 valence electrons. The van der Waals surface area contributed by atoms with Gasteiger partial charge in [-0.2, -0.15) is 0 Å². The van der Waals surface area contributed by atoms with Crippen LogP contribution in [0.2, 0.25) is 10.0 Å². The number of hydrogen-bond donors (Lipinski definition) is 1. The molecule has 1 atom stereocenters. The van der Waals surface area contributed by atoms with Crippen molar-refractivity contribution in [2.45, 2.75) is 26.4 Å². The number of halogens is 2. The number of aromatic nitrogens is 2. The van der Waals surface area contributed by atoms with E-state index in [-0.39, 0.29) is 0 Å². The van der Waals surface area contributed by atoms with Crippen molar-refractivity contribution >= 4 is 52.3 Å². The number of nitrogens with zero attached hydrogens (tertiary/aromatic N) is 2. The third kappa shape index (κ3) is 4.40. The molecule has 1 aromatic heterocycles. The smallest absolute Gasteiger partial charge is 0.352 e. The van der Waals surface area contributed by atoms with Crippen molar-refractivity contribution in [2.75, 3.05) is 5.32 Å².